The molecule has 0 rings (SSSR count). The molecule has 0 aliphatic heterocycles. The van der Waals surface area contributed by atoms with Crippen molar-refractivity contribution in [3.8, 4) is 0 Å². The van der Waals surface area contributed by atoms with Crippen LogP contribution in [-0.2, 0) is 20.6 Å². The lowest BCUT2D eigenvalue weighted by Gasteiger charge is -2.12. The van der Waals surface area contributed by atoms with Gasteiger partial charge in [0, 0.05) is 5.25 Å². The van der Waals surface area contributed by atoms with Crippen molar-refractivity contribution in [1.82, 2.24) is 0 Å². The summed E-state index contributed by atoms with van der Waals surface area (Å²) in [5, 5.41) is -0.658. The average Bonchev–Trinajstić information content (AvgIpc) is 1.87. The molecule has 11 heavy (non-hydrogen) atoms. The van der Waals surface area contributed by atoms with E-state index < -0.39 is 22.3 Å². The Kier molecular flexibility index (Phi) is 5.06. The molecule has 0 aliphatic rings. The molecule has 0 saturated carbocycles. The highest BCUT2D eigenvalue weighted by Crippen LogP contribution is 1.99. The van der Waals surface area contributed by atoms with Gasteiger partial charge in [0.15, 0.2) is 0 Å². The van der Waals surface area contributed by atoms with Crippen molar-refractivity contribution < 1.29 is 18.3 Å². The fraction of sp³-hybridized carbons (Fsp3) is 0.833. The van der Waals surface area contributed by atoms with Crippen LogP contribution in [-0.4, -0.2) is 26.6 Å². The summed E-state index contributed by atoms with van der Waals surface area (Å²) >= 11 is -2.19. The maximum atomic E-state index is 10.7. The molecule has 0 bridgehead atoms. The van der Waals surface area contributed by atoms with Crippen LogP contribution in [0.5, 0.6) is 0 Å². The van der Waals surface area contributed by atoms with Gasteiger partial charge in [-0.3, -0.25) is 9.00 Å². The van der Waals surface area contributed by atoms with Crippen molar-refractivity contribution in [3.63, 3.8) is 0 Å². The van der Waals surface area contributed by atoms with Crippen molar-refractivity contribution in [1.29, 1.82) is 0 Å². The molecule has 5 heteroatoms. The number of carbonyl (C=O) groups excluding carboxylic acids is 1. The largest absolute Gasteiger partial charge is 0.772 e. The summed E-state index contributed by atoms with van der Waals surface area (Å²) in [6.45, 7) is 3.42. The van der Waals surface area contributed by atoms with Crippen LogP contribution in [0.25, 0.3) is 0 Å². The Morgan fingerprint density at radius 1 is 1.73 bits per heavy atom. The van der Waals surface area contributed by atoms with E-state index in [1.54, 1.807) is 6.92 Å². The van der Waals surface area contributed by atoms with Gasteiger partial charge >= 0.3 is 5.97 Å². The molecule has 0 aromatic rings. The standard InChI is InChI=1S/C6H12O4S/c1-3-10-6(7)4-5(2)11(8)9/h5H,3-4H2,1-2H3,(H,8,9)/p-1. The van der Waals surface area contributed by atoms with E-state index in [4.69, 9.17) is 0 Å². The fourth-order valence-corrected chi connectivity index (χ4v) is 0.795. The van der Waals surface area contributed by atoms with E-state index in [1.165, 1.54) is 6.92 Å². The highest BCUT2D eigenvalue weighted by atomic mass is 32.2. The molecule has 66 valence electrons. The SMILES string of the molecule is CCOC(=O)CC(C)S(=O)[O-]. The minimum atomic E-state index is -2.19. The Bertz CT molecular complexity index is 157. The Morgan fingerprint density at radius 3 is 2.64 bits per heavy atom. The van der Waals surface area contributed by atoms with Crippen molar-refractivity contribution in [2.24, 2.45) is 0 Å². The van der Waals surface area contributed by atoms with Gasteiger partial charge in [-0.15, -0.1) is 0 Å². The molecule has 0 saturated heterocycles. The first-order valence-corrected chi connectivity index (χ1v) is 4.45. The molecule has 0 aliphatic carbocycles. The van der Waals surface area contributed by atoms with Crippen molar-refractivity contribution >= 4 is 17.0 Å². The average molecular weight is 179 g/mol. The van der Waals surface area contributed by atoms with E-state index in [-0.39, 0.29) is 13.0 Å². The maximum Gasteiger partial charge on any atom is 0.306 e. The van der Waals surface area contributed by atoms with Crippen LogP contribution >= 0.6 is 0 Å². The molecule has 0 spiro atoms. The molecule has 2 atom stereocenters. The lowest BCUT2D eigenvalue weighted by Crippen LogP contribution is -2.17. The van der Waals surface area contributed by atoms with Gasteiger partial charge in [0.25, 0.3) is 0 Å². The van der Waals surface area contributed by atoms with Crippen LogP contribution in [0.4, 0.5) is 0 Å². The summed E-state index contributed by atoms with van der Waals surface area (Å²) in [7, 11) is 0. The van der Waals surface area contributed by atoms with Gasteiger partial charge in [0.2, 0.25) is 0 Å². The topological polar surface area (TPSA) is 66.4 Å². The second kappa shape index (κ2) is 5.26. The van der Waals surface area contributed by atoms with Gasteiger partial charge in [-0.05, 0) is 6.92 Å². The lowest BCUT2D eigenvalue weighted by molar-refractivity contribution is -0.143. The number of hydrogen-bond acceptors (Lipinski definition) is 4. The Hall–Kier alpha value is -0.420. The third-order valence-electron chi connectivity index (χ3n) is 1.09. The zero-order chi connectivity index (χ0) is 8.85. The van der Waals surface area contributed by atoms with E-state index in [9.17, 15) is 13.6 Å². The highest BCUT2D eigenvalue weighted by Gasteiger charge is 2.09. The van der Waals surface area contributed by atoms with Crippen LogP contribution in [0.2, 0.25) is 0 Å². The molecule has 4 nitrogen and oxygen atoms in total. The van der Waals surface area contributed by atoms with Crippen LogP contribution in [0.1, 0.15) is 20.3 Å². The molecule has 0 aromatic heterocycles. The summed E-state index contributed by atoms with van der Waals surface area (Å²) in [6.07, 6.45) is -0.0655. The van der Waals surface area contributed by atoms with E-state index in [2.05, 4.69) is 4.74 Å². The smallest absolute Gasteiger partial charge is 0.306 e. The van der Waals surface area contributed by atoms with Crippen molar-refractivity contribution in [2.45, 2.75) is 25.5 Å². The minimum Gasteiger partial charge on any atom is -0.772 e. The molecule has 0 N–H and O–H groups in total. The monoisotopic (exact) mass is 179 g/mol. The van der Waals surface area contributed by atoms with Crippen LogP contribution in [0.15, 0.2) is 0 Å². The van der Waals surface area contributed by atoms with E-state index in [0.29, 0.717) is 0 Å². The molecule has 0 fully saturated rings. The van der Waals surface area contributed by atoms with Gasteiger partial charge in [-0.2, -0.15) is 0 Å². The van der Waals surface area contributed by atoms with Crippen molar-refractivity contribution in [3.05, 3.63) is 0 Å². The van der Waals surface area contributed by atoms with E-state index >= 15 is 0 Å². The van der Waals surface area contributed by atoms with Gasteiger partial charge in [-0.1, -0.05) is 18.0 Å². The second-order valence-corrected chi connectivity index (χ2v) is 3.41. The molecule has 0 amide bonds. The number of esters is 1. The molecule has 0 heterocycles. The summed E-state index contributed by atoms with van der Waals surface area (Å²) < 4.78 is 25.0. The first-order valence-electron chi connectivity index (χ1n) is 3.31. The van der Waals surface area contributed by atoms with Gasteiger partial charge in [0.1, 0.15) is 0 Å². The van der Waals surface area contributed by atoms with Gasteiger partial charge < -0.3 is 9.29 Å². The van der Waals surface area contributed by atoms with Crippen LogP contribution in [0.3, 0.4) is 0 Å². The number of hydrogen-bond donors (Lipinski definition) is 0. The highest BCUT2D eigenvalue weighted by molar-refractivity contribution is 7.79. The molecular weight excluding hydrogens is 168 g/mol. The van der Waals surface area contributed by atoms with Gasteiger partial charge in [-0.25, -0.2) is 0 Å². The van der Waals surface area contributed by atoms with Gasteiger partial charge in [0.05, 0.1) is 13.0 Å². The number of rotatable bonds is 4. The number of carbonyl (C=O) groups is 1. The maximum absolute atomic E-state index is 10.7. The Morgan fingerprint density at radius 2 is 2.27 bits per heavy atom. The predicted molar refractivity (Wildman–Crippen MR) is 39.6 cm³/mol. The van der Waals surface area contributed by atoms with Crippen LogP contribution in [0, 0.1) is 0 Å². The zero-order valence-corrected chi connectivity index (χ0v) is 7.35. The zero-order valence-electron chi connectivity index (χ0n) is 6.53. The van der Waals surface area contributed by atoms with E-state index in [0.717, 1.165) is 0 Å². The molecule has 2 unspecified atom stereocenters. The third-order valence-corrected chi connectivity index (χ3v) is 1.91. The second-order valence-electron chi connectivity index (χ2n) is 2.08. The van der Waals surface area contributed by atoms with E-state index in [1.807, 2.05) is 0 Å². The lowest BCUT2D eigenvalue weighted by atomic mass is 10.3. The minimum absolute atomic E-state index is 0.0655. The fourth-order valence-electron chi connectivity index (χ4n) is 0.523. The molecule has 0 radical (unpaired) electrons. The number of ether oxygens (including phenoxy) is 1. The summed E-state index contributed by atoms with van der Waals surface area (Å²) in [5.41, 5.74) is 0. The molecule has 0 aromatic carbocycles. The summed E-state index contributed by atoms with van der Waals surface area (Å²) in [4.78, 5) is 10.7. The summed E-state index contributed by atoms with van der Waals surface area (Å²) in [6, 6.07) is 0. The normalized spacial score (nSPS) is 15.5. The Balaban J connectivity index is 3.66. The first-order chi connectivity index (χ1) is 5.07. The van der Waals surface area contributed by atoms with Crippen LogP contribution < -0.4 is 0 Å². The van der Waals surface area contributed by atoms with Crippen molar-refractivity contribution in [2.75, 3.05) is 6.61 Å². The molecular formula is C6H11O4S-. The quantitative estimate of drug-likeness (QED) is 0.457. The third kappa shape index (κ3) is 4.92. The predicted octanol–water partition coefficient (Wildman–Crippen LogP) is 0.207. The first kappa shape index (κ1) is 10.6. The summed E-state index contributed by atoms with van der Waals surface area (Å²) in [5.74, 6) is -0.468. The Labute approximate surface area is 68.2 Å².